The van der Waals surface area contributed by atoms with E-state index >= 15 is 0 Å². The van der Waals surface area contributed by atoms with E-state index in [2.05, 4.69) is 34.3 Å². The van der Waals surface area contributed by atoms with Crippen molar-refractivity contribution in [1.29, 1.82) is 0 Å². The second kappa shape index (κ2) is 9.23. The van der Waals surface area contributed by atoms with Gasteiger partial charge in [0.25, 0.3) is 0 Å². The molecule has 178 valence electrons. The number of hydrogen-bond acceptors (Lipinski definition) is 8. The first-order valence-electron chi connectivity index (χ1n) is 11.5. The zero-order valence-electron chi connectivity index (χ0n) is 19.0. The lowest BCUT2D eigenvalue weighted by atomic mass is 9.77. The van der Waals surface area contributed by atoms with Gasteiger partial charge in [0, 0.05) is 36.1 Å². The Labute approximate surface area is 199 Å². The van der Waals surface area contributed by atoms with Crippen LogP contribution in [0.25, 0.3) is 0 Å². The van der Waals surface area contributed by atoms with Gasteiger partial charge in [0.05, 0.1) is 49.9 Å². The Morgan fingerprint density at radius 3 is 3.00 bits per heavy atom. The van der Waals surface area contributed by atoms with Gasteiger partial charge >= 0.3 is 0 Å². The zero-order chi connectivity index (χ0) is 23.0. The number of piperidine rings is 1. The molecular weight excluding hydrogens is 442 g/mol. The molecule has 2 atom stereocenters. The number of hydrogen-bond donors (Lipinski definition) is 2. The fourth-order valence-electron chi connectivity index (χ4n) is 5.10. The van der Waals surface area contributed by atoms with Crippen LogP contribution in [0.1, 0.15) is 36.6 Å². The second-order valence-corrected chi connectivity index (χ2v) is 9.85. The van der Waals surface area contributed by atoms with Crippen molar-refractivity contribution >= 4 is 11.6 Å². The molecule has 2 fully saturated rings. The van der Waals surface area contributed by atoms with Crippen molar-refractivity contribution in [2.24, 2.45) is 11.6 Å². The molecule has 1 aromatic carbocycles. The predicted molar refractivity (Wildman–Crippen MR) is 125 cm³/mol. The number of aromatic nitrogens is 3. The minimum absolute atomic E-state index is 0.190. The number of nitrogens with two attached hydrogens (primary N) is 2. The Morgan fingerprint density at radius 1 is 1.39 bits per heavy atom. The minimum atomic E-state index is -0.245. The maximum atomic E-state index is 6.41. The summed E-state index contributed by atoms with van der Waals surface area (Å²) in [5.41, 5.74) is 10.1. The summed E-state index contributed by atoms with van der Waals surface area (Å²) >= 11 is 6.33. The first-order valence-corrected chi connectivity index (χ1v) is 11.9. The lowest BCUT2D eigenvalue weighted by molar-refractivity contribution is -0.113. The SMILES string of the molecule is C[C@H]1CC2(CCN1Cc1cn(C/C(N)=C/N(N)C3COC3)nn1)OCCc1ccc(Cl)cc12. The van der Waals surface area contributed by atoms with Crippen LogP contribution in [0.3, 0.4) is 0 Å². The third-order valence-corrected chi connectivity index (χ3v) is 7.25. The summed E-state index contributed by atoms with van der Waals surface area (Å²) in [6.07, 6.45) is 6.52. The Bertz CT molecular complexity index is 1020. The first-order chi connectivity index (χ1) is 15.9. The second-order valence-electron chi connectivity index (χ2n) is 9.42. The van der Waals surface area contributed by atoms with Crippen LogP contribution in [0.4, 0.5) is 0 Å². The van der Waals surface area contributed by atoms with Gasteiger partial charge in [0.15, 0.2) is 0 Å². The van der Waals surface area contributed by atoms with Crippen molar-refractivity contribution in [2.45, 2.75) is 57.0 Å². The molecule has 0 saturated carbocycles. The van der Waals surface area contributed by atoms with Crippen molar-refractivity contribution < 1.29 is 9.47 Å². The van der Waals surface area contributed by atoms with Crippen LogP contribution < -0.4 is 11.6 Å². The van der Waals surface area contributed by atoms with Gasteiger partial charge < -0.3 is 20.2 Å². The number of likely N-dealkylation sites (tertiary alicyclic amines) is 1. The third-order valence-electron chi connectivity index (χ3n) is 7.02. The maximum Gasteiger partial charge on any atom is 0.0967 e. The largest absolute Gasteiger partial charge is 0.399 e. The molecule has 0 bridgehead atoms. The lowest BCUT2D eigenvalue weighted by Gasteiger charge is -2.48. The molecule has 0 radical (unpaired) electrons. The fraction of sp³-hybridized carbons (Fsp3) is 0.565. The molecule has 4 N–H and O–H groups in total. The Morgan fingerprint density at radius 2 is 2.24 bits per heavy atom. The van der Waals surface area contributed by atoms with Gasteiger partial charge in [0.2, 0.25) is 0 Å². The molecule has 2 saturated heterocycles. The number of rotatable bonds is 6. The smallest absolute Gasteiger partial charge is 0.0967 e. The summed E-state index contributed by atoms with van der Waals surface area (Å²) in [5.74, 6) is 6.00. The molecule has 10 heteroatoms. The van der Waals surface area contributed by atoms with Crippen LogP contribution in [-0.4, -0.2) is 63.4 Å². The molecule has 3 aliphatic rings. The third kappa shape index (κ3) is 4.74. The average molecular weight is 474 g/mol. The lowest BCUT2D eigenvalue weighted by Crippen LogP contribution is -2.50. The van der Waals surface area contributed by atoms with E-state index in [1.807, 2.05) is 12.3 Å². The molecule has 1 unspecified atom stereocenters. The molecular formula is C23H32ClN7O2. The highest BCUT2D eigenvalue weighted by atomic mass is 35.5. The molecule has 1 spiro atoms. The summed E-state index contributed by atoms with van der Waals surface area (Å²) < 4.78 is 13.3. The van der Waals surface area contributed by atoms with Crippen molar-refractivity contribution in [3.05, 3.63) is 58.1 Å². The normalized spacial score (nSPS) is 26.3. The number of benzene rings is 1. The van der Waals surface area contributed by atoms with Crippen molar-refractivity contribution in [2.75, 3.05) is 26.4 Å². The van der Waals surface area contributed by atoms with Crippen LogP contribution in [0.2, 0.25) is 5.02 Å². The highest BCUT2D eigenvalue weighted by molar-refractivity contribution is 6.30. The van der Waals surface area contributed by atoms with Gasteiger partial charge in [-0.15, -0.1) is 5.10 Å². The van der Waals surface area contributed by atoms with E-state index in [0.29, 0.717) is 31.5 Å². The van der Waals surface area contributed by atoms with Gasteiger partial charge in [0.1, 0.15) is 0 Å². The van der Waals surface area contributed by atoms with Crippen LogP contribution in [0, 0.1) is 0 Å². The number of fused-ring (bicyclic) bond motifs is 2. The molecule has 3 aliphatic heterocycles. The van der Waals surface area contributed by atoms with Crippen molar-refractivity contribution in [3.63, 3.8) is 0 Å². The Hall–Kier alpha value is -2.17. The fourth-order valence-corrected chi connectivity index (χ4v) is 5.28. The maximum absolute atomic E-state index is 6.41. The predicted octanol–water partition coefficient (Wildman–Crippen LogP) is 1.76. The topological polar surface area (TPSA) is 108 Å². The zero-order valence-corrected chi connectivity index (χ0v) is 19.7. The highest BCUT2D eigenvalue weighted by Crippen LogP contribution is 2.44. The number of ether oxygens (including phenoxy) is 2. The summed E-state index contributed by atoms with van der Waals surface area (Å²) in [7, 11) is 0. The standard InChI is InChI=1S/C23H32ClN7O2/c1-16-9-23(22-8-18(24)3-2-17(22)4-7-33-23)5-6-29(16)12-20-13-30(28-27-20)10-19(25)11-31(26)21-14-32-15-21/h2-3,8,11,13,16,21H,4-7,9-10,12,14-15,25-26H2,1H3/b19-11-/t16-,23?/m0/s1. The summed E-state index contributed by atoms with van der Waals surface area (Å²) in [6.45, 7) is 6.39. The summed E-state index contributed by atoms with van der Waals surface area (Å²) in [6, 6.07) is 6.77. The number of halogens is 1. The molecule has 33 heavy (non-hydrogen) atoms. The van der Waals surface area contributed by atoms with Crippen molar-refractivity contribution in [3.8, 4) is 0 Å². The van der Waals surface area contributed by atoms with E-state index in [-0.39, 0.29) is 11.6 Å². The molecule has 4 heterocycles. The quantitative estimate of drug-likeness (QED) is 0.482. The van der Waals surface area contributed by atoms with Crippen LogP contribution in [0.15, 0.2) is 36.3 Å². The number of hydrazine groups is 1. The number of allylic oxidation sites excluding steroid dienone is 1. The molecule has 0 aliphatic carbocycles. The van der Waals surface area contributed by atoms with Crippen LogP contribution in [-0.2, 0) is 34.6 Å². The van der Waals surface area contributed by atoms with E-state index in [1.54, 1.807) is 15.9 Å². The number of nitrogens with zero attached hydrogens (tertiary/aromatic N) is 5. The Balaban J connectivity index is 1.21. The molecule has 9 nitrogen and oxygen atoms in total. The van der Waals surface area contributed by atoms with Crippen LogP contribution in [0.5, 0.6) is 0 Å². The Kier molecular flexibility index (Phi) is 6.32. The summed E-state index contributed by atoms with van der Waals surface area (Å²) in [5, 5.41) is 11.0. The van der Waals surface area contributed by atoms with Gasteiger partial charge in [-0.3, -0.25) is 4.90 Å². The van der Waals surface area contributed by atoms with E-state index in [1.165, 1.54) is 11.1 Å². The van der Waals surface area contributed by atoms with Gasteiger partial charge in [-0.25, -0.2) is 10.5 Å². The highest BCUT2D eigenvalue weighted by Gasteiger charge is 2.43. The molecule has 5 rings (SSSR count). The minimum Gasteiger partial charge on any atom is -0.399 e. The van der Waals surface area contributed by atoms with E-state index < -0.39 is 0 Å². The molecule has 0 amide bonds. The van der Waals surface area contributed by atoms with Gasteiger partial charge in [-0.2, -0.15) is 0 Å². The van der Waals surface area contributed by atoms with E-state index in [0.717, 1.165) is 49.7 Å². The first kappa shape index (κ1) is 22.6. The van der Waals surface area contributed by atoms with E-state index in [9.17, 15) is 0 Å². The summed E-state index contributed by atoms with van der Waals surface area (Å²) in [4.78, 5) is 2.44. The molecule has 1 aromatic heterocycles. The van der Waals surface area contributed by atoms with Crippen LogP contribution >= 0.6 is 11.6 Å². The van der Waals surface area contributed by atoms with Crippen molar-refractivity contribution in [1.82, 2.24) is 24.9 Å². The van der Waals surface area contributed by atoms with Gasteiger partial charge in [-0.05, 0) is 49.4 Å². The van der Waals surface area contributed by atoms with E-state index in [4.69, 9.17) is 32.7 Å². The monoisotopic (exact) mass is 473 g/mol. The molecule has 2 aromatic rings. The van der Waals surface area contributed by atoms with Gasteiger partial charge in [-0.1, -0.05) is 22.9 Å². The average Bonchev–Trinajstić information content (AvgIpc) is 3.16.